The molecule has 0 radical (unpaired) electrons. The minimum absolute atomic E-state index is 0.225. The number of hydrogen-bond donors (Lipinski definition) is 0. The van der Waals surface area contributed by atoms with E-state index < -0.39 is 0 Å². The maximum absolute atomic E-state index is 14.3. The van der Waals surface area contributed by atoms with E-state index in [1.54, 1.807) is 36.4 Å². The second-order valence-electron chi connectivity index (χ2n) is 6.34. The molecule has 0 bridgehead atoms. The molecule has 2 nitrogen and oxygen atoms in total. The van der Waals surface area contributed by atoms with Crippen molar-refractivity contribution in [2.75, 3.05) is 6.61 Å². The fourth-order valence-corrected chi connectivity index (χ4v) is 2.80. The van der Waals surface area contributed by atoms with Crippen LogP contribution in [0.3, 0.4) is 0 Å². The molecule has 25 heavy (non-hydrogen) atoms. The van der Waals surface area contributed by atoms with E-state index in [0.29, 0.717) is 17.7 Å². The van der Waals surface area contributed by atoms with Crippen LogP contribution in [0, 0.1) is 5.82 Å². The van der Waals surface area contributed by atoms with Gasteiger partial charge in [0.15, 0.2) is 0 Å². The summed E-state index contributed by atoms with van der Waals surface area (Å²) in [5, 5.41) is 0. The summed E-state index contributed by atoms with van der Waals surface area (Å²) < 4.78 is 19.6. The van der Waals surface area contributed by atoms with Crippen LogP contribution >= 0.6 is 0 Å². The van der Waals surface area contributed by atoms with Crippen LogP contribution in [0.1, 0.15) is 61.9 Å². The van der Waals surface area contributed by atoms with Gasteiger partial charge in [-0.25, -0.2) is 9.18 Å². The largest absolute Gasteiger partial charge is 0.462 e. The van der Waals surface area contributed by atoms with Crippen molar-refractivity contribution in [3.8, 4) is 11.1 Å². The molecule has 0 aromatic heterocycles. The molecule has 0 saturated carbocycles. The molecule has 0 aliphatic heterocycles. The Morgan fingerprint density at radius 2 is 1.72 bits per heavy atom. The summed E-state index contributed by atoms with van der Waals surface area (Å²) in [7, 11) is 0. The van der Waals surface area contributed by atoms with Gasteiger partial charge in [-0.05, 0) is 42.2 Å². The van der Waals surface area contributed by atoms with Gasteiger partial charge in [0.1, 0.15) is 5.82 Å². The van der Waals surface area contributed by atoms with Gasteiger partial charge in [-0.1, -0.05) is 63.8 Å². The van der Waals surface area contributed by atoms with Gasteiger partial charge in [0.25, 0.3) is 0 Å². The lowest BCUT2D eigenvalue weighted by molar-refractivity contribution is 0.0498. The first-order valence-corrected chi connectivity index (χ1v) is 9.21. The molecule has 2 aromatic rings. The average Bonchev–Trinajstić information content (AvgIpc) is 2.62. The fourth-order valence-electron chi connectivity index (χ4n) is 2.80. The van der Waals surface area contributed by atoms with Crippen molar-refractivity contribution < 1.29 is 13.9 Å². The van der Waals surface area contributed by atoms with Crippen LogP contribution in [0.2, 0.25) is 0 Å². The minimum Gasteiger partial charge on any atom is -0.462 e. The lowest BCUT2D eigenvalue weighted by Crippen LogP contribution is -2.06. The van der Waals surface area contributed by atoms with Crippen LogP contribution in [-0.4, -0.2) is 12.6 Å². The molecule has 2 aromatic carbocycles. The van der Waals surface area contributed by atoms with E-state index in [-0.39, 0.29) is 11.8 Å². The third-order valence-corrected chi connectivity index (χ3v) is 4.23. The highest BCUT2D eigenvalue weighted by atomic mass is 19.1. The number of benzene rings is 2. The zero-order valence-electron chi connectivity index (χ0n) is 15.2. The van der Waals surface area contributed by atoms with Crippen molar-refractivity contribution in [1.29, 1.82) is 0 Å². The van der Waals surface area contributed by atoms with Gasteiger partial charge in [0.2, 0.25) is 0 Å². The Kier molecular flexibility index (Phi) is 7.65. The second-order valence-corrected chi connectivity index (χ2v) is 6.34. The first-order valence-electron chi connectivity index (χ1n) is 9.21. The molecule has 0 heterocycles. The Labute approximate surface area is 150 Å². The highest BCUT2D eigenvalue weighted by Gasteiger charge is 2.10. The van der Waals surface area contributed by atoms with E-state index in [2.05, 4.69) is 13.8 Å². The maximum atomic E-state index is 14.3. The average molecular weight is 342 g/mol. The van der Waals surface area contributed by atoms with Crippen LogP contribution in [0.5, 0.6) is 0 Å². The van der Waals surface area contributed by atoms with Crippen LogP contribution in [-0.2, 0) is 11.2 Å². The van der Waals surface area contributed by atoms with Crippen molar-refractivity contribution in [2.45, 2.75) is 52.4 Å². The highest BCUT2D eigenvalue weighted by Crippen LogP contribution is 2.24. The van der Waals surface area contributed by atoms with E-state index in [9.17, 15) is 9.18 Å². The number of esters is 1. The molecule has 0 aliphatic carbocycles. The van der Waals surface area contributed by atoms with Crippen LogP contribution in [0.25, 0.3) is 11.1 Å². The van der Waals surface area contributed by atoms with Crippen molar-refractivity contribution >= 4 is 5.97 Å². The third kappa shape index (κ3) is 5.70. The number of ether oxygens (including phenoxy) is 1. The van der Waals surface area contributed by atoms with E-state index in [1.165, 1.54) is 0 Å². The lowest BCUT2D eigenvalue weighted by atomic mass is 10.0. The van der Waals surface area contributed by atoms with Gasteiger partial charge in [-0.15, -0.1) is 0 Å². The molecule has 2 rings (SSSR count). The summed E-state index contributed by atoms with van der Waals surface area (Å²) in [6.07, 6.45) is 6.16. The summed E-state index contributed by atoms with van der Waals surface area (Å²) >= 11 is 0. The molecule has 3 heteroatoms. The van der Waals surface area contributed by atoms with Gasteiger partial charge < -0.3 is 4.74 Å². The van der Waals surface area contributed by atoms with Gasteiger partial charge in [-0.2, -0.15) is 0 Å². The second kappa shape index (κ2) is 9.97. The first-order chi connectivity index (χ1) is 12.2. The minimum atomic E-state index is -0.318. The standard InChI is InChI=1S/C22H27FO2/c1-3-5-6-7-15-25-22(24)19-12-10-18(11-13-19)20-14-9-17(8-4-2)16-21(20)23/h9-14,16H,3-8,15H2,1-2H3. The van der Waals surface area contributed by atoms with E-state index in [1.807, 2.05) is 6.07 Å². The van der Waals surface area contributed by atoms with Crippen LogP contribution in [0.15, 0.2) is 42.5 Å². The molecule has 134 valence electrons. The summed E-state index contributed by atoms with van der Waals surface area (Å²) in [6.45, 7) is 4.68. The van der Waals surface area contributed by atoms with E-state index in [0.717, 1.165) is 49.7 Å². The summed E-state index contributed by atoms with van der Waals surface area (Å²) in [6, 6.07) is 12.3. The Hall–Kier alpha value is -2.16. The Morgan fingerprint density at radius 1 is 0.960 bits per heavy atom. The zero-order valence-corrected chi connectivity index (χ0v) is 15.2. The fraction of sp³-hybridized carbons (Fsp3) is 0.409. The van der Waals surface area contributed by atoms with Crippen molar-refractivity contribution in [3.05, 3.63) is 59.4 Å². The number of unbranched alkanes of at least 4 members (excludes halogenated alkanes) is 3. The molecule has 0 aliphatic rings. The summed E-state index contributed by atoms with van der Waals surface area (Å²) in [5.41, 5.74) is 2.83. The lowest BCUT2D eigenvalue weighted by Gasteiger charge is -2.08. The molecular formula is C22H27FO2. The summed E-state index contributed by atoms with van der Waals surface area (Å²) in [5.74, 6) is -0.543. The first kappa shape index (κ1) is 19.2. The smallest absolute Gasteiger partial charge is 0.338 e. The number of hydrogen-bond acceptors (Lipinski definition) is 2. The number of carbonyl (C=O) groups excluding carboxylic acids is 1. The molecule has 0 N–H and O–H groups in total. The number of rotatable bonds is 9. The highest BCUT2D eigenvalue weighted by molar-refractivity contribution is 5.90. The molecule has 0 unspecified atom stereocenters. The van der Waals surface area contributed by atoms with Crippen molar-refractivity contribution in [1.82, 2.24) is 0 Å². The molecular weight excluding hydrogens is 315 g/mol. The predicted molar refractivity (Wildman–Crippen MR) is 100 cm³/mol. The Morgan fingerprint density at radius 3 is 2.36 bits per heavy atom. The molecule has 0 amide bonds. The third-order valence-electron chi connectivity index (χ3n) is 4.23. The quantitative estimate of drug-likeness (QED) is 0.401. The van der Waals surface area contributed by atoms with Gasteiger partial charge in [0.05, 0.1) is 12.2 Å². The molecule has 0 spiro atoms. The zero-order chi connectivity index (χ0) is 18.1. The van der Waals surface area contributed by atoms with Gasteiger partial charge >= 0.3 is 5.97 Å². The van der Waals surface area contributed by atoms with Crippen molar-refractivity contribution in [3.63, 3.8) is 0 Å². The van der Waals surface area contributed by atoms with E-state index >= 15 is 0 Å². The predicted octanol–water partition coefficient (Wildman–Crippen LogP) is 6.18. The topological polar surface area (TPSA) is 26.3 Å². The van der Waals surface area contributed by atoms with Gasteiger partial charge in [0, 0.05) is 5.56 Å². The molecule has 0 saturated heterocycles. The van der Waals surface area contributed by atoms with E-state index in [4.69, 9.17) is 4.74 Å². The molecule has 0 fully saturated rings. The Balaban J connectivity index is 1.98. The van der Waals surface area contributed by atoms with Crippen LogP contribution in [0.4, 0.5) is 4.39 Å². The monoisotopic (exact) mass is 342 g/mol. The normalized spacial score (nSPS) is 10.7. The SMILES string of the molecule is CCCCCCOC(=O)c1ccc(-c2ccc(CCC)cc2F)cc1. The summed E-state index contributed by atoms with van der Waals surface area (Å²) in [4.78, 5) is 12.0. The number of aryl methyl sites for hydroxylation is 1. The van der Waals surface area contributed by atoms with Crippen LogP contribution < -0.4 is 0 Å². The Bertz CT molecular complexity index is 677. The molecule has 0 atom stereocenters. The maximum Gasteiger partial charge on any atom is 0.338 e. The number of halogens is 1. The van der Waals surface area contributed by atoms with Crippen molar-refractivity contribution in [2.24, 2.45) is 0 Å². The number of carbonyl (C=O) groups is 1. The van der Waals surface area contributed by atoms with Gasteiger partial charge in [-0.3, -0.25) is 0 Å².